The predicted octanol–water partition coefficient (Wildman–Crippen LogP) is 4.95. The minimum absolute atomic E-state index is 0. The van der Waals surface area contributed by atoms with Crippen LogP contribution >= 0.6 is 17.0 Å². The van der Waals surface area contributed by atoms with E-state index in [4.69, 9.17) is 19.3 Å². The van der Waals surface area contributed by atoms with E-state index in [9.17, 15) is 5.11 Å². The molecule has 1 heterocycles. The molecule has 0 bridgehead atoms. The summed E-state index contributed by atoms with van der Waals surface area (Å²) in [6.45, 7) is 5.95. The first-order chi connectivity index (χ1) is 17.0. The third-order valence-electron chi connectivity index (χ3n) is 5.27. The summed E-state index contributed by atoms with van der Waals surface area (Å²) in [4.78, 5) is 3.40. The van der Waals surface area contributed by atoms with Gasteiger partial charge < -0.3 is 34.7 Å². The molecule has 7 nitrogen and oxygen atoms in total. The van der Waals surface area contributed by atoms with Crippen molar-refractivity contribution in [1.29, 1.82) is 0 Å². The molecule has 0 fully saturated rings. The summed E-state index contributed by atoms with van der Waals surface area (Å²) in [5, 5.41) is 23.8. The van der Waals surface area contributed by atoms with Gasteiger partial charge in [-0.05, 0) is 36.2 Å². The van der Waals surface area contributed by atoms with E-state index in [1.165, 1.54) is 0 Å². The summed E-state index contributed by atoms with van der Waals surface area (Å²) in [5.41, 5.74) is 2.09. The Balaban J connectivity index is 0.000000694. The SMILES string of the molecule is Br.CC(C)CO.COc1ccccc1OCCNCC(O)COc1cccc2[nH]c3ccccc3c12. The fourth-order valence-electron chi connectivity index (χ4n) is 3.47. The number of rotatable bonds is 11. The van der Waals surface area contributed by atoms with E-state index in [2.05, 4.69) is 16.4 Å². The second-order valence-electron chi connectivity index (χ2n) is 8.59. The molecule has 36 heavy (non-hydrogen) atoms. The molecule has 1 aromatic heterocycles. The lowest BCUT2D eigenvalue weighted by molar-refractivity contribution is 0.106. The first kappa shape index (κ1) is 29.5. The highest BCUT2D eigenvalue weighted by Crippen LogP contribution is 2.33. The topological polar surface area (TPSA) is 96.0 Å². The smallest absolute Gasteiger partial charge is 0.161 e. The summed E-state index contributed by atoms with van der Waals surface area (Å²) in [5.74, 6) is 2.62. The molecule has 4 rings (SSSR count). The van der Waals surface area contributed by atoms with Crippen molar-refractivity contribution in [2.24, 2.45) is 5.92 Å². The van der Waals surface area contributed by atoms with Crippen LogP contribution in [0.15, 0.2) is 66.7 Å². The fraction of sp³-hybridized carbons (Fsp3) is 0.357. The number of methoxy groups -OCH3 is 1. The van der Waals surface area contributed by atoms with Crippen molar-refractivity contribution in [3.05, 3.63) is 66.7 Å². The highest BCUT2D eigenvalue weighted by Gasteiger charge is 2.11. The molecular formula is C28H37BrN2O5. The van der Waals surface area contributed by atoms with E-state index >= 15 is 0 Å². The molecule has 196 valence electrons. The average Bonchev–Trinajstić information content (AvgIpc) is 3.27. The zero-order valence-corrected chi connectivity index (χ0v) is 22.8. The molecule has 8 heteroatoms. The number of fused-ring (bicyclic) bond motifs is 3. The Labute approximate surface area is 223 Å². The first-order valence-corrected chi connectivity index (χ1v) is 11.9. The van der Waals surface area contributed by atoms with Crippen molar-refractivity contribution in [2.75, 3.05) is 40.0 Å². The van der Waals surface area contributed by atoms with Crippen LogP contribution in [-0.2, 0) is 0 Å². The Bertz CT molecular complexity index is 1180. The van der Waals surface area contributed by atoms with Gasteiger partial charge in [0, 0.05) is 36.0 Å². The molecule has 3 aromatic carbocycles. The molecule has 4 N–H and O–H groups in total. The highest BCUT2D eigenvalue weighted by atomic mass is 79.9. The maximum absolute atomic E-state index is 10.3. The number of aliphatic hydroxyl groups excluding tert-OH is 2. The normalized spacial score (nSPS) is 11.5. The Morgan fingerprint density at radius 2 is 1.50 bits per heavy atom. The molecule has 0 saturated heterocycles. The minimum atomic E-state index is -0.628. The second kappa shape index (κ2) is 15.4. The monoisotopic (exact) mass is 560 g/mol. The molecule has 0 aliphatic heterocycles. The Morgan fingerprint density at radius 3 is 2.22 bits per heavy atom. The summed E-state index contributed by atoms with van der Waals surface area (Å²) in [6, 6.07) is 21.6. The average molecular weight is 562 g/mol. The van der Waals surface area contributed by atoms with Crippen LogP contribution in [0.2, 0.25) is 0 Å². The van der Waals surface area contributed by atoms with E-state index < -0.39 is 6.10 Å². The van der Waals surface area contributed by atoms with Crippen molar-refractivity contribution >= 4 is 38.8 Å². The number of aromatic amines is 1. The van der Waals surface area contributed by atoms with Gasteiger partial charge in [0.25, 0.3) is 0 Å². The number of benzene rings is 3. The van der Waals surface area contributed by atoms with Crippen LogP contribution in [0.1, 0.15) is 13.8 Å². The third kappa shape index (κ3) is 8.41. The zero-order valence-electron chi connectivity index (χ0n) is 21.1. The summed E-state index contributed by atoms with van der Waals surface area (Å²) >= 11 is 0. The van der Waals surface area contributed by atoms with Crippen molar-refractivity contribution < 1.29 is 24.4 Å². The van der Waals surface area contributed by atoms with Gasteiger partial charge in [-0.1, -0.05) is 50.2 Å². The Hall–Kier alpha value is -2.78. The van der Waals surface area contributed by atoms with E-state index in [0.717, 1.165) is 27.6 Å². The van der Waals surface area contributed by atoms with Crippen molar-refractivity contribution in [2.45, 2.75) is 20.0 Å². The Kier molecular flexibility index (Phi) is 12.6. The maximum Gasteiger partial charge on any atom is 0.161 e. The van der Waals surface area contributed by atoms with Crippen LogP contribution < -0.4 is 19.5 Å². The van der Waals surface area contributed by atoms with Crippen molar-refractivity contribution in [3.63, 3.8) is 0 Å². The van der Waals surface area contributed by atoms with E-state index in [1.807, 2.05) is 74.5 Å². The van der Waals surface area contributed by atoms with Gasteiger partial charge in [0.15, 0.2) is 11.5 Å². The molecule has 0 aliphatic rings. The summed E-state index contributed by atoms with van der Waals surface area (Å²) < 4.78 is 16.9. The van der Waals surface area contributed by atoms with E-state index in [1.54, 1.807) is 7.11 Å². The van der Waals surface area contributed by atoms with Gasteiger partial charge in [-0.2, -0.15) is 0 Å². The van der Waals surface area contributed by atoms with Gasteiger partial charge >= 0.3 is 0 Å². The number of aliphatic hydroxyl groups is 2. The molecule has 1 unspecified atom stereocenters. The van der Waals surface area contributed by atoms with Gasteiger partial charge in [0.1, 0.15) is 25.1 Å². The molecule has 0 aliphatic carbocycles. The van der Waals surface area contributed by atoms with Gasteiger partial charge in [-0.15, -0.1) is 17.0 Å². The van der Waals surface area contributed by atoms with Crippen LogP contribution in [0, 0.1) is 5.92 Å². The van der Waals surface area contributed by atoms with Gasteiger partial charge in [-0.3, -0.25) is 0 Å². The summed E-state index contributed by atoms with van der Waals surface area (Å²) in [6.07, 6.45) is -0.628. The van der Waals surface area contributed by atoms with Crippen LogP contribution in [-0.4, -0.2) is 61.3 Å². The van der Waals surface area contributed by atoms with Crippen molar-refractivity contribution in [1.82, 2.24) is 10.3 Å². The van der Waals surface area contributed by atoms with Gasteiger partial charge in [0.05, 0.1) is 12.6 Å². The van der Waals surface area contributed by atoms with Gasteiger partial charge in [-0.25, -0.2) is 0 Å². The number of H-pyrrole nitrogens is 1. The van der Waals surface area contributed by atoms with Gasteiger partial charge in [0.2, 0.25) is 0 Å². The number of aromatic nitrogens is 1. The largest absolute Gasteiger partial charge is 0.493 e. The molecule has 0 radical (unpaired) electrons. The van der Waals surface area contributed by atoms with E-state index in [0.29, 0.717) is 43.7 Å². The second-order valence-corrected chi connectivity index (χ2v) is 8.59. The highest BCUT2D eigenvalue weighted by molar-refractivity contribution is 8.93. The maximum atomic E-state index is 10.3. The quantitative estimate of drug-likeness (QED) is 0.194. The zero-order chi connectivity index (χ0) is 25.0. The Morgan fingerprint density at radius 1 is 0.861 bits per heavy atom. The fourth-order valence-corrected chi connectivity index (χ4v) is 3.47. The predicted molar refractivity (Wildman–Crippen MR) is 151 cm³/mol. The number of nitrogens with one attached hydrogen (secondary N) is 2. The lowest BCUT2D eigenvalue weighted by Gasteiger charge is -2.15. The van der Waals surface area contributed by atoms with E-state index in [-0.39, 0.29) is 23.6 Å². The number of halogens is 1. The molecule has 0 spiro atoms. The number of hydrogen-bond donors (Lipinski definition) is 4. The van der Waals surface area contributed by atoms with Crippen LogP contribution in [0.3, 0.4) is 0 Å². The lowest BCUT2D eigenvalue weighted by atomic mass is 10.1. The van der Waals surface area contributed by atoms with Crippen molar-refractivity contribution in [3.8, 4) is 17.2 Å². The molecule has 0 amide bonds. The lowest BCUT2D eigenvalue weighted by Crippen LogP contribution is -2.33. The standard InChI is InChI=1S/C24H26N2O4.C4H10O.BrH/c1-28-21-10-4-5-11-22(21)29-14-13-25-15-17(27)16-30-23-12-6-9-20-24(23)18-7-2-3-8-19(18)26-20;1-4(2)3-5;/h2-12,17,25-27H,13-16H2,1H3;4-5H,3H2,1-2H3;1H. The summed E-state index contributed by atoms with van der Waals surface area (Å²) in [7, 11) is 1.62. The molecule has 0 saturated carbocycles. The van der Waals surface area contributed by atoms with Crippen LogP contribution in [0.25, 0.3) is 21.8 Å². The minimum Gasteiger partial charge on any atom is -0.493 e. The van der Waals surface area contributed by atoms with Crippen LogP contribution in [0.5, 0.6) is 17.2 Å². The molecule has 4 aromatic rings. The number of hydrogen-bond acceptors (Lipinski definition) is 6. The molecule has 1 atom stereocenters. The molecular weight excluding hydrogens is 524 g/mol. The third-order valence-corrected chi connectivity index (χ3v) is 5.27. The number of para-hydroxylation sites is 3. The van der Waals surface area contributed by atoms with Crippen LogP contribution in [0.4, 0.5) is 0 Å². The number of ether oxygens (including phenoxy) is 3. The first-order valence-electron chi connectivity index (χ1n) is 11.9.